The van der Waals surface area contributed by atoms with Crippen LogP contribution in [0.1, 0.15) is 30.9 Å². The van der Waals surface area contributed by atoms with E-state index in [4.69, 9.17) is 9.47 Å². The highest BCUT2D eigenvalue weighted by Crippen LogP contribution is 2.36. The van der Waals surface area contributed by atoms with Gasteiger partial charge in [-0.3, -0.25) is 0 Å². The summed E-state index contributed by atoms with van der Waals surface area (Å²) in [5.41, 5.74) is 3.51. The molecule has 0 amide bonds. The van der Waals surface area contributed by atoms with Crippen LogP contribution >= 0.6 is 0 Å². The zero-order valence-corrected chi connectivity index (χ0v) is 13.2. The van der Waals surface area contributed by atoms with Gasteiger partial charge in [0.2, 0.25) is 0 Å². The fourth-order valence-corrected chi connectivity index (χ4v) is 2.64. The lowest BCUT2D eigenvalue weighted by molar-refractivity contribution is 0.285. The Bertz CT molecular complexity index is 760. The quantitative estimate of drug-likeness (QED) is 0.728. The molecule has 0 aliphatic rings. The van der Waals surface area contributed by atoms with Crippen molar-refractivity contribution in [1.29, 1.82) is 0 Å². The van der Waals surface area contributed by atoms with E-state index in [0.717, 1.165) is 22.6 Å². The van der Waals surface area contributed by atoms with E-state index in [2.05, 4.69) is 43.2 Å². The second-order valence-electron chi connectivity index (χ2n) is 5.72. The Labute approximate surface area is 130 Å². The van der Waals surface area contributed by atoms with Gasteiger partial charge in [-0.25, -0.2) is 0 Å². The summed E-state index contributed by atoms with van der Waals surface area (Å²) < 4.78 is 11.5. The third-order valence-electron chi connectivity index (χ3n) is 3.86. The fourth-order valence-electron chi connectivity index (χ4n) is 2.64. The lowest BCUT2D eigenvalue weighted by atomic mass is 10.0. The van der Waals surface area contributed by atoms with Crippen molar-refractivity contribution in [3.63, 3.8) is 0 Å². The Hall–Kier alpha value is -2.42. The number of H-pyrrole nitrogens is 1. The molecule has 0 fully saturated rings. The first-order valence-electron chi connectivity index (χ1n) is 7.54. The summed E-state index contributed by atoms with van der Waals surface area (Å²) in [6, 6.07) is 14.2. The predicted octanol–water partition coefficient (Wildman–Crippen LogP) is 4.88. The van der Waals surface area contributed by atoms with Crippen LogP contribution in [0.2, 0.25) is 0 Å². The average Bonchev–Trinajstić information content (AvgIpc) is 2.95. The summed E-state index contributed by atoms with van der Waals surface area (Å²) in [4.78, 5) is 3.31. The van der Waals surface area contributed by atoms with E-state index in [-0.39, 0.29) is 0 Å². The molecule has 2 aromatic carbocycles. The van der Waals surface area contributed by atoms with Crippen LogP contribution in [0.15, 0.2) is 48.7 Å². The monoisotopic (exact) mass is 295 g/mol. The number of benzene rings is 2. The van der Waals surface area contributed by atoms with Crippen molar-refractivity contribution < 1.29 is 9.47 Å². The molecule has 0 saturated heterocycles. The topological polar surface area (TPSA) is 34.2 Å². The van der Waals surface area contributed by atoms with Gasteiger partial charge in [0.25, 0.3) is 0 Å². The van der Waals surface area contributed by atoms with Gasteiger partial charge in [-0.2, -0.15) is 0 Å². The van der Waals surface area contributed by atoms with Crippen molar-refractivity contribution in [2.24, 2.45) is 0 Å². The maximum Gasteiger partial charge on any atom is 0.162 e. The number of methoxy groups -OCH3 is 1. The zero-order chi connectivity index (χ0) is 15.5. The van der Waals surface area contributed by atoms with E-state index in [9.17, 15) is 0 Å². The first kappa shape index (κ1) is 14.5. The summed E-state index contributed by atoms with van der Waals surface area (Å²) in [6.07, 6.45) is 2.07. The van der Waals surface area contributed by atoms with Gasteiger partial charge in [0.1, 0.15) is 6.61 Å². The van der Waals surface area contributed by atoms with Crippen LogP contribution in [0.5, 0.6) is 11.5 Å². The third kappa shape index (κ3) is 2.80. The van der Waals surface area contributed by atoms with Gasteiger partial charge in [-0.05, 0) is 23.1 Å². The Morgan fingerprint density at radius 3 is 2.50 bits per heavy atom. The van der Waals surface area contributed by atoms with Crippen molar-refractivity contribution >= 4 is 10.9 Å². The van der Waals surface area contributed by atoms with Gasteiger partial charge in [0.05, 0.1) is 7.11 Å². The first-order chi connectivity index (χ1) is 10.7. The molecule has 0 radical (unpaired) electrons. The molecule has 3 aromatic rings. The van der Waals surface area contributed by atoms with Crippen molar-refractivity contribution in [3.8, 4) is 11.5 Å². The number of fused-ring (bicyclic) bond motifs is 1. The molecule has 1 aromatic heterocycles. The van der Waals surface area contributed by atoms with Crippen LogP contribution in [0.25, 0.3) is 10.9 Å². The van der Waals surface area contributed by atoms with Gasteiger partial charge >= 0.3 is 0 Å². The van der Waals surface area contributed by atoms with Gasteiger partial charge < -0.3 is 14.5 Å². The van der Waals surface area contributed by atoms with Gasteiger partial charge in [-0.15, -0.1) is 0 Å². The van der Waals surface area contributed by atoms with Crippen molar-refractivity contribution in [3.05, 3.63) is 59.8 Å². The van der Waals surface area contributed by atoms with Gasteiger partial charge in [0, 0.05) is 23.2 Å². The Morgan fingerprint density at radius 2 is 1.82 bits per heavy atom. The predicted molar refractivity (Wildman–Crippen MR) is 89.7 cm³/mol. The van der Waals surface area contributed by atoms with Gasteiger partial charge in [-0.1, -0.05) is 44.2 Å². The maximum atomic E-state index is 5.99. The molecule has 0 spiro atoms. The van der Waals surface area contributed by atoms with Crippen LogP contribution < -0.4 is 9.47 Å². The summed E-state index contributed by atoms with van der Waals surface area (Å²) in [7, 11) is 1.67. The Kier molecular flexibility index (Phi) is 4.05. The summed E-state index contributed by atoms with van der Waals surface area (Å²) >= 11 is 0. The number of ether oxygens (including phenoxy) is 2. The number of nitrogens with one attached hydrogen (secondary N) is 1. The third-order valence-corrected chi connectivity index (χ3v) is 3.86. The molecular formula is C19H21NO2. The fraction of sp³-hybridized carbons (Fsp3) is 0.263. The minimum atomic E-state index is 0.462. The number of hydrogen-bond donors (Lipinski definition) is 1. The van der Waals surface area contributed by atoms with E-state index < -0.39 is 0 Å². The molecule has 22 heavy (non-hydrogen) atoms. The Balaban J connectivity index is 1.94. The molecule has 0 saturated carbocycles. The molecule has 3 rings (SSSR count). The van der Waals surface area contributed by atoms with E-state index >= 15 is 0 Å². The van der Waals surface area contributed by atoms with E-state index in [1.54, 1.807) is 7.11 Å². The lowest BCUT2D eigenvalue weighted by Crippen LogP contribution is -1.98. The summed E-state index contributed by atoms with van der Waals surface area (Å²) in [6.45, 7) is 4.92. The van der Waals surface area contributed by atoms with E-state index in [0.29, 0.717) is 12.5 Å². The molecule has 0 atom stereocenters. The van der Waals surface area contributed by atoms with E-state index in [1.165, 1.54) is 10.9 Å². The molecule has 0 bridgehead atoms. The zero-order valence-electron chi connectivity index (χ0n) is 13.2. The highest BCUT2D eigenvalue weighted by Gasteiger charge is 2.13. The maximum absolute atomic E-state index is 5.99. The highest BCUT2D eigenvalue weighted by atomic mass is 16.5. The molecule has 0 aliphatic heterocycles. The smallest absolute Gasteiger partial charge is 0.162 e. The number of rotatable bonds is 5. The SMILES string of the molecule is COc1cc2[nH]cc(C(C)C)c2cc1OCc1ccccc1. The lowest BCUT2D eigenvalue weighted by Gasteiger charge is -2.12. The standard InChI is InChI=1S/C19H21NO2/c1-13(2)16-11-20-17-10-18(21-3)19(9-15(16)17)22-12-14-7-5-4-6-8-14/h4-11,13,20H,12H2,1-3H3. The van der Waals surface area contributed by atoms with Crippen molar-refractivity contribution in [2.45, 2.75) is 26.4 Å². The molecule has 0 unspecified atom stereocenters. The highest BCUT2D eigenvalue weighted by molar-refractivity contribution is 5.87. The summed E-state index contributed by atoms with van der Waals surface area (Å²) in [5.74, 6) is 1.99. The molecule has 1 heterocycles. The second kappa shape index (κ2) is 6.14. The first-order valence-corrected chi connectivity index (χ1v) is 7.54. The number of hydrogen-bond acceptors (Lipinski definition) is 2. The van der Waals surface area contributed by atoms with Crippen LogP contribution in [-0.2, 0) is 6.61 Å². The minimum absolute atomic E-state index is 0.462. The molecular weight excluding hydrogens is 274 g/mol. The number of aromatic amines is 1. The molecule has 3 nitrogen and oxygen atoms in total. The Morgan fingerprint density at radius 1 is 1.05 bits per heavy atom. The van der Waals surface area contributed by atoms with Crippen LogP contribution in [0, 0.1) is 0 Å². The van der Waals surface area contributed by atoms with Crippen molar-refractivity contribution in [2.75, 3.05) is 7.11 Å². The summed E-state index contributed by atoms with van der Waals surface area (Å²) in [5, 5.41) is 1.19. The van der Waals surface area contributed by atoms with E-state index in [1.807, 2.05) is 24.3 Å². The van der Waals surface area contributed by atoms with Crippen molar-refractivity contribution in [1.82, 2.24) is 4.98 Å². The second-order valence-corrected chi connectivity index (χ2v) is 5.72. The minimum Gasteiger partial charge on any atom is -0.493 e. The van der Waals surface area contributed by atoms with Crippen LogP contribution in [0.4, 0.5) is 0 Å². The van der Waals surface area contributed by atoms with Crippen LogP contribution in [0.3, 0.4) is 0 Å². The molecule has 1 N–H and O–H groups in total. The van der Waals surface area contributed by atoms with Crippen LogP contribution in [-0.4, -0.2) is 12.1 Å². The normalized spacial score (nSPS) is 11.1. The molecule has 3 heteroatoms. The largest absolute Gasteiger partial charge is 0.493 e. The molecule has 114 valence electrons. The molecule has 0 aliphatic carbocycles. The number of aromatic nitrogens is 1. The average molecular weight is 295 g/mol. The van der Waals surface area contributed by atoms with Gasteiger partial charge in [0.15, 0.2) is 11.5 Å².